The molecule has 0 atom stereocenters. The Labute approximate surface area is 119 Å². The van der Waals surface area contributed by atoms with E-state index in [1.165, 1.54) is 36.9 Å². The monoisotopic (exact) mass is 262 g/mol. The van der Waals surface area contributed by atoms with Gasteiger partial charge in [0.1, 0.15) is 0 Å². The molecule has 0 amide bonds. The normalized spacial score (nSPS) is 11.5. The Balaban J connectivity index is 2.08. The summed E-state index contributed by atoms with van der Waals surface area (Å²) in [4.78, 5) is 2.42. The predicted molar refractivity (Wildman–Crippen MR) is 84.5 cm³/mol. The van der Waals surface area contributed by atoms with Gasteiger partial charge in [-0.1, -0.05) is 50.1 Å². The highest BCUT2D eigenvalue weighted by atomic mass is 15.1. The average molecular weight is 262 g/mol. The van der Waals surface area contributed by atoms with E-state index in [0.717, 1.165) is 13.1 Å². The van der Waals surface area contributed by atoms with Crippen molar-refractivity contribution in [2.45, 2.75) is 52.6 Å². The first kappa shape index (κ1) is 16.2. The number of hydrogen-bond donors (Lipinski definition) is 1. The lowest BCUT2D eigenvalue weighted by atomic mass is 10.1. The lowest BCUT2D eigenvalue weighted by Crippen LogP contribution is -2.24. The molecule has 1 N–H and O–H groups in total. The van der Waals surface area contributed by atoms with Crippen LogP contribution in [0.15, 0.2) is 24.3 Å². The molecule has 0 aliphatic rings. The Hall–Kier alpha value is -0.860. The van der Waals surface area contributed by atoms with Crippen LogP contribution in [0, 0.1) is 6.92 Å². The lowest BCUT2D eigenvalue weighted by Gasteiger charge is -2.17. The highest BCUT2D eigenvalue weighted by Gasteiger charge is 2.00. The Morgan fingerprint density at radius 3 is 2.37 bits per heavy atom. The van der Waals surface area contributed by atoms with Gasteiger partial charge in [0.15, 0.2) is 0 Å². The van der Waals surface area contributed by atoms with Crippen molar-refractivity contribution in [1.82, 2.24) is 10.2 Å². The maximum Gasteiger partial charge on any atom is 0.0230 e. The zero-order chi connectivity index (χ0) is 14.1. The lowest BCUT2D eigenvalue weighted by molar-refractivity contribution is 0.316. The van der Waals surface area contributed by atoms with Crippen molar-refractivity contribution in [3.05, 3.63) is 35.4 Å². The Kier molecular flexibility index (Phi) is 7.76. The van der Waals surface area contributed by atoms with Gasteiger partial charge in [-0.15, -0.1) is 0 Å². The third-order valence-corrected chi connectivity index (χ3v) is 3.34. The van der Waals surface area contributed by atoms with Crippen LogP contribution in [0.3, 0.4) is 0 Å². The molecule has 0 spiro atoms. The van der Waals surface area contributed by atoms with E-state index in [1.807, 2.05) is 0 Å². The topological polar surface area (TPSA) is 15.3 Å². The molecule has 0 fully saturated rings. The van der Waals surface area contributed by atoms with Gasteiger partial charge in [-0.25, -0.2) is 0 Å². The minimum absolute atomic E-state index is 0.615. The molecule has 0 aliphatic heterocycles. The number of hydrogen-bond acceptors (Lipinski definition) is 2. The summed E-state index contributed by atoms with van der Waals surface area (Å²) in [5, 5.41) is 3.47. The third-order valence-electron chi connectivity index (χ3n) is 3.34. The van der Waals surface area contributed by atoms with Crippen molar-refractivity contribution >= 4 is 0 Å². The maximum atomic E-state index is 3.47. The van der Waals surface area contributed by atoms with Gasteiger partial charge >= 0.3 is 0 Å². The summed E-state index contributed by atoms with van der Waals surface area (Å²) in [5.41, 5.74) is 2.75. The number of aryl methyl sites for hydroxylation is 1. The fourth-order valence-corrected chi connectivity index (χ4v) is 2.16. The first-order valence-electron chi connectivity index (χ1n) is 7.55. The van der Waals surface area contributed by atoms with Crippen LogP contribution in [0.25, 0.3) is 0 Å². The fourth-order valence-electron chi connectivity index (χ4n) is 2.16. The molecule has 0 aliphatic carbocycles. The van der Waals surface area contributed by atoms with E-state index in [-0.39, 0.29) is 0 Å². The van der Waals surface area contributed by atoms with E-state index < -0.39 is 0 Å². The number of nitrogens with zero attached hydrogens (tertiary/aromatic N) is 1. The zero-order valence-corrected chi connectivity index (χ0v) is 13.1. The van der Waals surface area contributed by atoms with Crippen LogP contribution < -0.4 is 5.32 Å². The molecule has 0 bridgehead atoms. The zero-order valence-electron chi connectivity index (χ0n) is 13.1. The second-order valence-electron chi connectivity index (χ2n) is 5.89. The van der Waals surface area contributed by atoms with E-state index in [1.54, 1.807) is 0 Å². The summed E-state index contributed by atoms with van der Waals surface area (Å²) in [5.74, 6) is 0. The number of nitrogens with one attached hydrogen (secondary N) is 1. The van der Waals surface area contributed by atoms with Gasteiger partial charge < -0.3 is 10.2 Å². The molecule has 0 heterocycles. The van der Waals surface area contributed by atoms with Gasteiger partial charge in [-0.2, -0.15) is 0 Å². The molecule has 0 saturated heterocycles. The highest BCUT2D eigenvalue weighted by molar-refractivity contribution is 5.21. The SMILES string of the molecule is Cc1ccc(CN(C)CCCCCNC(C)C)cc1. The highest BCUT2D eigenvalue weighted by Crippen LogP contribution is 2.07. The second kappa shape index (κ2) is 9.11. The molecule has 1 aromatic rings. The predicted octanol–water partition coefficient (Wildman–Crippen LogP) is 3.60. The first-order chi connectivity index (χ1) is 9.08. The van der Waals surface area contributed by atoms with Crippen molar-refractivity contribution in [3.8, 4) is 0 Å². The number of rotatable bonds is 9. The van der Waals surface area contributed by atoms with Gasteiger partial charge in [0.25, 0.3) is 0 Å². The maximum absolute atomic E-state index is 3.47. The van der Waals surface area contributed by atoms with Crippen molar-refractivity contribution in [1.29, 1.82) is 0 Å². The molecule has 0 radical (unpaired) electrons. The first-order valence-corrected chi connectivity index (χ1v) is 7.55. The molecule has 19 heavy (non-hydrogen) atoms. The van der Waals surface area contributed by atoms with Crippen molar-refractivity contribution in [2.24, 2.45) is 0 Å². The molecular formula is C17H30N2. The third kappa shape index (κ3) is 8.02. The van der Waals surface area contributed by atoms with Gasteiger partial charge in [0.05, 0.1) is 0 Å². The number of unbranched alkanes of at least 4 members (excludes halogenated alkanes) is 2. The van der Waals surface area contributed by atoms with Gasteiger partial charge in [0, 0.05) is 12.6 Å². The summed E-state index contributed by atoms with van der Waals surface area (Å²) in [6.07, 6.45) is 3.90. The van der Waals surface area contributed by atoms with Crippen molar-refractivity contribution < 1.29 is 0 Å². The molecule has 1 aromatic carbocycles. The average Bonchev–Trinajstić information content (AvgIpc) is 2.36. The van der Waals surface area contributed by atoms with Gasteiger partial charge in [0.2, 0.25) is 0 Å². The fraction of sp³-hybridized carbons (Fsp3) is 0.647. The second-order valence-corrected chi connectivity index (χ2v) is 5.89. The van der Waals surface area contributed by atoms with Crippen molar-refractivity contribution in [2.75, 3.05) is 20.1 Å². The summed E-state index contributed by atoms with van der Waals surface area (Å²) < 4.78 is 0. The van der Waals surface area contributed by atoms with E-state index in [4.69, 9.17) is 0 Å². The Bertz CT molecular complexity index is 330. The van der Waals surface area contributed by atoms with Gasteiger partial charge in [-0.3, -0.25) is 0 Å². The largest absolute Gasteiger partial charge is 0.315 e. The molecule has 0 saturated carbocycles. The van der Waals surface area contributed by atoms with Gasteiger partial charge in [-0.05, 0) is 45.5 Å². The molecule has 2 heteroatoms. The molecule has 0 unspecified atom stereocenters. The summed E-state index contributed by atoms with van der Waals surface area (Å²) in [6, 6.07) is 9.47. The van der Waals surface area contributed by atoms with E-state index in [2.05, 4.69) is 62.3 Å². The summed E-state index contributed by atoms with van der Waals surface area (Å²) in [6.45, 7) is 9.95. The minimum atomic E-state index is 0.615. The van der Waals surface area contributed by atoms with E-state index in [9.17, 15) is 0 Å². The van der Waals surface area contributed by atoms with Crippen LogP contribution in [0.4, 0.5) is 0 Å². The smallest absolute Gasteiger partial charge is 0.0230 e. The summed E-state index contributed by atoms with van der Waals surface area (Å²) >= 11 is 0. The molecule has 108 valence electrons. The molecule has 0 aromatic heterocycles. The van der Waals surface area contributed by atoms with Crippen LogP contribution in [0.1, 0.15) is 44.2 Å². The van der Waals surface area contributed by atoms with Crippen LogP contribution in [-0.4, -0.2) is 31.1 Å². The molecular weight excluding hydrogens is 232 g/mol. The summed E-state index contributed by atoms with van der Waals surface area (Å²) in [7, 11) is 2.21. The van der Waals surface area contributed by atoms with Crippen LogP contribution in [-0.2, 0) is 6.54 Å². The Morgan fingerprint density at radius 1 is 1.05 bits per heavy atom. The Morgan fingerprint density at radius 2 is 1.74 bits per heavy atom. The van der Waals surface area contributed by atoms with Crippen LogP contribution >= 0.6 is 0 Å². The van der Waals surface area contributed by atoms with Crippen LogP contribution in [0.2, 0.25) is 0 Å². The van der Waals surface area contributed by atoms with Crippen LogP contribution in [0.5, 0.6) is 0 Å². The molecule has 1 rings (SSSR count). The van der Waals surface area contributed by atoms with E-state index in [0.29, 0.717) is 6.04 Å². The molecule has 2 nitrogen and oxygen atoms in total. The quantitative estimate of drug-likeness (QED) is 0.684. The standard InChI is InChI=1S/C17H30N2/c1-15(2)18-12-6-5-7-13-19(4)14-17-10-8-16(3)9-11-17/h8-11,15,18H,5-7,12-14H2,1-4H3. The minimum Gasteiger partial charge on any atom is -0.315 e. The van der Waals surface area contributed by atoms with E-state index >= 15 is 0 Å². The number of benzene rings is 1. The van der Waals surface area contributed by atoms with Crippen molar-refractivity contribution in [3.63, 3.8) is 0 Å².